The van der Waals surface area contributed by atoms with Crippen LogP contribution < -0.4 is 21.1 Å². The van der Waals surface area contributed by atoms with Crippen molar-refractivity contribution < 1.29 is 4.74 Å². The molecule has 7 nitrogen and oxygen atoms in total. The first-order valence-electron chi connectivity index (χ1n) is 10.2. The Morgan fingerprint density at radius 2 is 2.00 bits per heavy atom. The second-order valence-corrected chi connectivity index (χ2v) is 7.87. The number of hydrogen-bond donors (Lipinski definition) is 3. The first kappa shape index (κ1) is 20.8. The van der Waals surface area contributed by atoms with E-state index in [1.165, 1.54) is 0 Å². The van der Waals surface area contributed by atoms with Gasteiger partial charge in [0.1, 0.15) is 11.6 Å². The molecule has 31 heavy (non-hydrogen) atoms. The molecule has 0 aliphatic carbocycles. The van der Waals surface area contributed by atoms with Crippen LogP contribution in [-0.2, 0) is 12.2 Å². The van der Waals surface area contributed by atoms with E-state index in [-0.39, 0.29) is 0 Å². The van der Waals surface area contributed by atoms with E-state index in [0.717, 1.165) is 52.3 Å². The van der Waals surface area contributed by atoms with Crippen molar-refractivity contribution in [3.05, 3.63) is 77.8 Å². The Labute approximate surface area is 182 Å². The number of anilines is 1. The Morgan fingerprint density at radius 3 is 2.81 bits per heavy atom. The molecule has 0 saturated carbocycles. The SMILES string of the molecule is COc1ccc(C2(N)N=CC=C(Nc3cnc4ccccc4c3)N2)cc1CCN(C)C. The minimum absolute atomic E-state index is 0.750. The van der Waals surface area contributed by atoms with E-state index in [0.29, 0.717) is 0 Å². The number of hydrogen-bond acceptors (Lipinski definition) is 7. The molecule has 0 bridgehead atoms. The highest BCUT2D eigenvalue weighted by atomic mass is 16.5. The third-order valence-electron chi connectivity index (χ3n) is 5.26. The van der Waals surface area contributed by atoms with Crippen LogP contribution in [0.2, 0.25) is 0 Å². The smallest absolute Gasteiger partial charge is 0.210 e. The minimum Gasteiger partial charge on any atom is -0.496 e. The van der Waals surface area contributed by atoms with Gasteiger partial charge in [0.2, 0.25) is 5.79 Å². The van der Waals surface area contributed by atoms with Crippen LogP contribution in [-0.4, -0.2) is 43.8 Å². The summed E-state index contributed by atoms with van der Waals surface area (Å²) in [5.41, 5.74) is 10.5. The maximum atomic E-state index is 6.67. The Kier molecular flexibility index (Phi) is 5.88. The highest BCUT2D eigenvalue weighted by Gasteiger charge is 2.29. The molecule has 160 valence electrons. The molecule has 2 heterocycles. The molecule has 1 aliphatic rings. The number of aromatic nitrogens is 1. The van der Waals surface area contributed by atoms with Crippen LogP contribution in [0, 0.1) is 0 Å². The number of nitrogens with one attached hydrogen (secondary N) is 2. The normalized spacial score (nSPS) is 18.0. The van der Waals surface area contributed by atoms with Crippen molar-refractivity contribution in [1.29, 1.82) is 0 Å². The van der Waals surface area contributed by atoms with Crippen LogP contribution in [0.15, 0.2) is 71.6 Å². The van der Waals surface area contributed by atoms with Gasteiger partial charge in [-0.1, -0.05) is 18.2 Å². The molecular weight excluding hydrogens is 388 g/mol. The van der Waals surface area contributed by atoms with Gasteiger partial charge in [0, 0.05) is 23.7 Å². The Balaban J connectivity index is 1.55. The zero-order valence-corrected chi connectivity index (χ0v) is 18.1. The molecule has 7 heteroatoms. The van der Waals surface area contributed by atoms with Crippen LogP contribution in [0.5, 0.6) is 5.75 Å². The number of rotatable bonds is 7. The van der Waals surface area contributed by atoms with Gasteiger partial charge < -0.3 is 20.3 Å². The summed E-state index contributed by atoms with van der Waals surface area (Å²) in [6, 6.07) is 16.0. The fraction of sp³-hybridized carbons (Fsp3) is 0.250. The van der Waals surface area contributed by atoms with Gasteiger partial charge in [-0.15, -0.1) is 0 Å². The lowest BCUT2D eigenvalue weighted by Gasteiger charge is -2.32. The first-order valence-corrected chi connectivity index (χ1v) is 10.2. The van der Waals surface area contributed by atoms with Gasteiger partial charge in [-0.2, -0.15) is 0 Å². The predicted octanol–water partition coefficient (Wildman–Crippen LogP) is 3.04. The van der Waals surface area contributed by atoms with Gasteiger partial charge >= 0.3 is 0 Å². The van der Waals surface area contributed by atoms with E-state index in [4.69, 9.17) is 10.5 Å². The molecule has 0 radical (unpaired) electrons. The van der Waals surface area contributed by atoms with Crippen molar-refractivity contribution in [3.8, 4) is 5.75 Å². The molecule has 1 atom stereocenters. The highest BCUT2D eigenvalue weighted by Crippen LogP contribution is 2.28. The summed E-state index contributed by atoms with van der Waals surface area (Å²) in [6.45, 7) is 0.912. The number of para-hydroxylation sites is 1. The largest absolute Gasteiger partial charge is 0.496 e. The van der Waals surface area contributed by atoms with E-state index in [2.05, 4.69) is 51.7 Å². The lowest BCUT2D eigenvalue weighted by atomic mass is 10.0. The monoisotopic (exact) mass is 416 g/mol. The van der Waals surface area contributed by atoms with Crippen molar-refractivity contribution in [2.75, 3.05) is 33.1 Å². The predicted molar refractivity (Wildman–Crippen MR) is 126 cm³/mol. The van der Waals surface area contributed by atoms with Crippen molar-refractivity contribution in [2.45, 2.75) is 12.2 Å². The maximum absolute atomic E-state index is 6.67. The number of nitrogens with zero attached hydrogens (tertiary/aromatic N) is 3. The van der Waals surface area contributed by atoms with Crippen LogP contribution in [0.1, 0.15) is 11.1 Å². The molecular formula is C24H28N6O. The fourth-order valence-corrected chi connectivity index (χ4v) is 3.58. The number of ether oxygens (including phenoxy) is 1. The summed E-state index contributed by atoms with van der Waals surface area (Å²) < 4.78 is 5.54. The van der Waals surface area contributed by atoms with Crippen molar-refractivity contribution in [1.82, 2.24) is 15.2 Å². The molecule has 0 fully saturated rings. The van der Waals surface area contributed by atoms with Crippen molar-refractivity contribution in [2.24, 2.45) is 10.7 Å². The summed E-state index contributed by atoms with van der Waals surface area (Å²) >= 11 is 0. The van der Waals surface area contributed by atoms with Crippen molar-refractivity contribution >= 4 is 22.8 Å². The average Bonchev–Trinajstić information content (AvgIpc) is 2.77. The molecule has 1 unspecified atom stereocenters. The van der Waals surface area contributed by atoms with Gasteiger partial charge in [0.15, 0.2) is 0 Å². The lowest BCUT2D eigenvalue weighted by molar-refractivity contribution is 0.384. The molecule has 3 aromatic rings. The Hall–Kier alpha value is -3.42. The molecule has 4 N–H and O–H groups in total. The third kappa shape index (κ3) is 4.68. The van der Waals surface area contributed by atoms with E-state index < -0.39 is 5.79 Å². The summed E-state index contributed by atoms with van der Waals surface area (Å²) in [6.07, 6.45) is 6.24. The number of pyridine rings is 1. The zero-order valence-electron chi connectivity index (χ0n) is 18.1. The number of methoxy groups -OCH3 is 1. The summed E-state index contributed by atoms with van der Waals surface area (Å²) in [5.74, 6) is 0.519. The van der Waals surface area contributed by atoms with Crippen LogP contribution in [0.25, 0.3) is 10.9 Å². The number of likely N-dealkylation sites (N-methyl/N-ethyl adjacent to an activating group) is 1. The van der Waals surface area contributed by atoms with Crippen LogP contribution in [0.3, 0.4) is 0 Å². The van der Waals surface area contributed by atoms with E-state index in [1.807, 2.05) is 48.7 Å². The number of fused-ring (bicyclic) bond motifs is 1. The summed E-state index contributed by atoms with van der Waals surface area (Å²) in [5, 5.41) is 7.75. The first-order chi connectivity index (χ1) is 15.0. The molecule has 1 aromatic heterocycles. The molecule has 0 spiro atoms. The Bertz CT molecular complexity index is 1140. The van der Waals surface area contributed by atoms with Crippen LogP contribution >= 0.6 is 0 Å². The second kappa shape index (κ2) is 8.75. The zero-order chi connectivity index (χ0) is 21.8. The van der Waals surface area contributed by atoms with Gasteiger partial charge in [-0.3, -0.25) is 10.7 Å². The second-order valence-electron chi connectivity index (χ2n) is 7.87. The van der Waals surface area contributed by atoms with Gasteiger partial charge in [0.25, 0.3) is 0 Å². The quantitative estimate of drug-likeness (QED) is 0.549. The molecule has 0 saturated heterocycles. The summed E-state index contributed by atoms with van der Waals surface area (Å²) in [7, 11) is 5.79. The third-order valence-corrected chi connectivity index (χ3v) is 5.26. The van der Waals surface area contributed by atoms with E-state index in [9.17, 15) is 0 Å². The van der Waals surface area contributed by atoms with Gasteiger partial charge in [0.05, 0.1) is 24.5 Å². The number of benzene rings is 2. The van der Waals surface area contributed by atoms with Gasteiger partial charge in [-0.25, -0.2) is 4.99 Å². The molecule has 1 aliphatic heterocycles. The molecule has 0 amide bonds. The van der Waals surface area contributed by atoms with E-state index >= 15 is 0 Å². The fourth-order valence-electron chi connectivity index (χ4n) is 3.58. The van der Waals surface area contributed by atoms with Crippen LogP contribution in [0.4, 0.5) is 5.69 Å². The number of aliphatic imine (C=N–C) groups is 1. The number of allylic oxidation sites excluding steroid dienone is 1. The van der Waals surface area contributed by atoms with Gasteiger partial charge in [-0.05, 0) is 62.5 Å². The Morgan fingerprint density at radius 1 is 1.16 bits per heavy atom. The number of nitrogens with two attached hydrogens (primary N) is 1. The summed E-state index contributed by atoms with van der Waals surface area (Å²) in [4.78, 5) is 11.2. The average molecular weight is 417 g/mol. The minimum atomic E-state index is -1.08. The molecule has 4 rings (SSSR count). The lowest BCUT2D eigenvalue weighted by Crippen LogP contribution is -2.51. The maximum Gasteiger partial charge on any atom is 0.210 e. The van der Waals surface area contributed by atoms with Crippen molar-refractivity contribution in [3.63, 3.8) is 0 Å². The van der Waals surface area contributed by atoms with E-state index in [1.54, 1.807) is 13.3 Å². The topological polar surface area (TPSA) is 87.8 Å². The highest BCUT2D eigenvalue weighted by molar-refractivity contribution is 5.82. The molecule has 2 aromatic carbocycles. The standard InChI is InChI=1S/C24H28N6O/c1-30(2)13-11-18-14-19(8-9-22(18)31-3)24(25)27-12-10-23(29-24)28-20-15-17-6-4-5-7-21(17)26-16-20/h4-10,12,14-16,28-29H,11,13,25H2,1-3H3.